The molecule has 0 bridgehead atoms. The lowest BCUT2D eigenvalue weighted by molar-refractivity contribution is -0.140. The Bertz CT molecular complexity index is 713. The molecular formula is C23H29NO4. The van der Waals surface area contributed by atoms with Crippen molar-refractivity contribution in [1.29, 1.82) is 0 Å². The molecule has 28 heavy (non-hydrogen) atoms. The monoisotopic (exact) mass is 383 g/mol. The third-order valence-electron chi connectivity index (χ3n) is 4.08. The van der Waals surface area contributed by atoms with Crippen LogP contribution in [0.3, 0.4) is 0 Å². The molecule has 2 aromatic rings. The molecule has 5 heteroatoms. The molecule has 0 saturated heterocycles. The number of ether oxygens (including phenoxy) is 3. The normalized spacial score (nSPS) is 10.3. The first-order chi connectivity index (χ1) is 13.7. The molecule has 5 nitrogen and oxygen atoms in total. The standard InChI is InChI=1S/C23H29NO4/c1-19(17-27-18-20-9-5-3-6-10-20)24-21-12-14-22(15-13-21)28-16-8-4-7-11-23(25)26-2/h3,5-6,9-10,12-15,24H,1,4,7-8,11,16-18H2,2H3. The number of unbranched alkanes of at least 4 members (excludes halogenated alkanes) is 2. The predicted octanol–water partition coefficient (Wildman–Crippen LogP) is 4.94. The highest BCUT2D eigenvalue weighted by Gasteiger charge is 2.01. The molecule has 0 unspecified atom stereocenters. The Balaban J connectivity index is 1.59. The molecule has 0 aliphatic carbocycles. The van der Waals surface area contributed by atoms with Gasteiger partial charge in [-0.3, -0.25) is 4.79 Å². The Morgan fingerprint density at radius 2 is 1.75 bits per heavy atom. The Kier molecular flexibility index (Phi) is 9.66. The van der Waals surface area contributed by atoms with Gasteiger partial charge in [-0.05, 0) is 49.1 Å². The second-order valence-corrected chi connectivity index (χ2v) is 6.47. The van der Waals surface area contributed by atoms with Gasteiger partial charge in [0.15, 0.2) is 0 Å². The molecule has 1 N–H and O–H groups in total. The van der Waals surface area contributed by atoms with Crippen LogP contribution in [0.2, 0.25) is 0 Å². The van der Waals surface area contributed by atoms with E-state index in [9.17, 15) is 4.79 Å². The maximum absolute atomic E-state index is 11.0. The molecule has 0 amide bonds. The lowest BCUT2D eigenvalue weighted by atomic mass is 10.2. The van der Waals surface area contributed by atoms with Crippen molar-refractivity contribution in [3.8, 4) is 5.75 Å². The summed E-state index contributed by atoms with van der Waals surface area (Å²) in [5.41, 5.74) is 2.89. The zero-order valence-corrected chi connectivity index (χ0v) is 16.5. The number of esters is 1. The lowest BCUT2D eigenvalue weighted by Crippen LogP contribution is -2.06. The molecule has 0 aliphatic heterocycles. The van der Waals surface area contributed by atoms with Crippen LogP contribution in [0.4, 0.5) is 5.69 Å². The van der Waals surface area contributed by atoms with E-state index in [-0.39, 0.29) is 5.97 Å². The first-order valence-corrected chi connectivity index (χ1v) is 9.53. The SMILES string of the molecule is C=C(COCc1ccccc1)Nc1ccc(OCCCCCC(=O)OC)cc1. The Morgan fingerprint density at radius 3 is 2.46 bits per heavy atom. The molecule has 0 aliphatic rings. The number of rotatable bonds is 13. The fourth-order valence-corrected chi connectivity index (χ4v) is 2.58. The summed E-state index contributed by atoms with van der Waals surface area (Å²) in [6, 6.07) is 17.8. The van der Waals surface area contributed by atoms with E-state index in [4.69, 9.17) is 9.47 Å². The van der Waals surface area contributed by atoms with Gasteiger partial charge in [0.2, 0.25) is 0 Å². The highest BCUT2D eigenvalue weighted by molar-refractivity contribution is 5.68. The first kappa shape index (κ1) is 21.5. The number of hydrogen-bond donors (Lipinski definition) is 1. The van der Waals surface area contributed by atoms with Crippen molar-refractivity contribution in [3.63, 3.8) is 0 Å². The molecule has 2 rings (SSSR count). The van der Waals surface area contributed by atoms with Crippen molar-refractivity contribution in [3.05, 3.63) is 72.4 Å². The van der Waals surface area contributed by atoms with Crippen LogP contribution in [0.1, 0.15) is 31.2 Å². The van der Waals surface area contributed by atoms with Gasteiger partial charge in [-0.15, -0.1) is 0 Å². The minimum atomic E-state index is -0.156. The van der Waals surface area contributed by atoms with Gasteiger partial charge in [0, 0.05) is 17.8 Å². The van der Waals surface area contributed by atoms with Crippen LogP contribution in [-0.2, 0) is 20.9 Å². The van der Waals surface area contributed by atoms with Crippen LogP contribution < -0.4 is 10.1 Å². The number of hydrogen-bond acceptors (Lipinski definition) is 5. The summed E-state index contributed by atoms with van der Waals surface area (Å²) in [6.45, 7) is 5.64. The van der Waals surface area contributed by atoms with Crippen molar-refractivity contribution in [1.82, 2.24) is 0 Å². The van der Waals surface area contributed by atoms with Gasteiger partial charge in [0.05, 0.1) is 26.9 Å². The van der Waals surface area contributed by atoms with Crippen LogP contribution in [0, 0.1) is 0 Å². The number of anilines is 1. The topological polar surface area (TPSA) is 56.8 Å². The van der Waals surface area contributed by atoms with Gasteiger partial charge >= 0.3 is 5.97 Å². The van der Waals surface area contributed by atoms with Gasteiger partial charge in [-0.2, -0.15) is 0 Å². The average Bonchev–Trinajstić information content (AvgIpc) is 2.72. The average molecular weight is 383 g/mol. The minimum Gasteiger partial charge on any atom is -0.494 e. The molecule has 150 valence electrons. The summed E-state index contributed by atoms with van der Waals surface area (Å²) >= 11 is 0. The van der Waals surface area contributed by atoms with Crippen molar-refractivity contribution < 1.29 is 19.0 Å². The molecule has 0 spiro atoms. The number of nitrogens with one attached hydrogen (secondary N) is 1. The van der Waals surface area contributed by atoms with Crippen molar-refractivity contribution in [2.45, 2.75) is 32.3 Å². The summed E-state index contributed by atoms with van der Waals surface area (Å²) < 4.78 is 16.0. The van der Waals surface area contributed by atoms with Crippen LogP contribution in [0.15, 0.2) is 66.9 Å². The number of carbonyl (C=O) groups is 1. The molecule has 0 atom stereocenters. The van der Waals surface area contributed by atoms with Crippen molar-refractivity contribution in [2.75, 3.05) is 25.6 Å². The number of benzene rings is 2. The lowest BCUT2D eigenvalue weighted by Gasteiger charge is -2.11. The zero-order chi connectivity index (χ0) is 20.0. The van der Waals surface area contributed by atoms with E-state index in [0.717, 1.165) is 42.0 Å². The van der Waals surface area contributed by atoms with Crippen molar-refractivity contribution >= 4 is 11.7 Å². The highest BCUT2D eigenvalue weighted by atomic mass is 16.5. The molecule has 2 aromatic carbocycles. The predicted molar refractivity (Wildman–Crippen MR) is 111 cm³/mol. The largest absolute Gasteiger partial charge is 0.494 e. The van der Waals surface area contributed by atoms with Crippen LogP contribution in [0.5, 0.6) is 5.75 Å². The van der Waals surface area contributed by atoms with Crippen LogP contribution in [-0.4, -0.2) is 26.3 Å². The number of carbonyl (C=O) groups excluding carboxylic acids is 1. The van der Waals surface area contributed by atoms with E-state index in [0.29, 0.717) is 26.2 Å². The van der Waals surface area contributed by atoms with Gasteiger partial charge in [0.1, 0.15) is 5.75 Å². The second-order valence-electron chi connectivity index (χ2n) is 6.47. The maximum atomic E-state index is 11.0. The van der Waals surface area contributed by atoms with Crippen LogP contribution >= 0.6 is 0 Å². The molecule has 0 radical (unpaired) electrons. The first-order valence-electron chi connectivity index (χ1n) is 9.53. The maximum Gasteiger partial charge on any atom is 0.305 e. The van der Waals surface area contributed by atoms with Crippen LogP contribution in [0.25, 0.3) is 0 Å². The van der Waals surface area contributed by atoms with Gasteiger partial charge < -0.3 is 19.5 Å². The van der Waals surface area contributed by atoms with Gasteiger partial charge in [0.25, 0.3) is 0 Å². The molecule has 0 heterocycles. The molecule has 0 fully saturated rings. The van der Waals surface area contributed by atoms with Gasteiger partial charge in [-0.25, -0.2) is 0 Å². The smallest absolute Gasteiger partial charge is 0.305 e. The Labute approximate surface area is 167 Å². The molecule has 0 saturated carbocycles. The number of methoxy groups -OCH3 is 1. The third-order valence-corrected chi connectivity index (χ3v) is 4.08. The van der Waals surface area contributed by atoms with E-state index >= 15 is 0 Å². The molecular weight excluding hydrogens is 354 g/mol. The Hall–Kier alpha value is -2.79. The van der Waals surface area contributed by atoms with E-state index in [1.54, 1.807) is 0 Å². The fourth-order valence-electron chi connectivity index (χ4n) is 2.58. The van der Waals surface area contributed by atoms with Crippen molar-refractivity contribution in [2.24, 2.45) is 0 Å². The fraction of sp³-hybridized carbons (Fsp3) is 0.348. The second kappa shape index (κ2) is 12.6. The Morgan fingerprint density at radius 1 is 1.00 bits per heavy atom. The highest BCUT2D eigenvalue weighted by Crippen LogP contribution is 2.17. The van der Waals surface area contributed by atoms with E-state index in [1.807, 2.05) is 54.6 Å². The summed E-state index contributed by atoms with van der Waals surface area (Å²) in [7, 11) is 1.41. The summed E-state index contributed by atoms with van der Waals surface area (Å²) in [5.74, 6) is 0.667. The quantitative estimate of drug-likeness (QED) is 0.392. The summed E-state index contributed by atoms with van der Waals surface area (Å²) in [5, 5.41) is 3.24. The molecule has 0 aromatic heterocycles. The summed E-state index contributed by atoms with van der Waals surface area (Å²) in [4.78, 5) is 11.0. The zero-order valence-electron chi connectivity index (χ0n) is 16.5. The van der Waals surface area contributed by atoms with E-state index in [1.165, 1.54) is 7.11 Å². The summed E-state index contributed by atoms with van der Waals surface area (Å²) in [6.07, 6.45) is 3.15. The minimum absolute atomic E-state index is 0.156. The van der Waals surface area contributed by atoms with E-state index in [2.05, 4.69) is 16.6 Å². The third kappa shape index (κ3) is 8.73. The van der Waals surface area contributed by atoms with Gasteiger partial charge in [-0.1, -0.05) is 36.9 Å². The van der Waals surface area contributed by atoms with E-state index < -0.39 is 0 Å².